The molecular formula is C20H18F3N3O3. The highest BCUT2D eigenvalue weighted by atomic mass is 19.4. The minimum Gasteiger partial charge on any atom is -0.299 e. The Labute approximate surface area is 162 Å². The number of halogens is 3. The van der Waals surface area contributed by atoms with Gasteiger partial charge >= 0.3 is 11.9 Å². The predicted octanol–water partition coefficient (Wildman–Crippen LogP) is 3.31. The van der Waals surface area contributed by atoms with Gasteiger partial charge in [0.25, 0.3) is 5.56 Å². The Bertz CT molecular complexity index is 1140. The lowest BCUT2D eigenvalue weighted by atomic mass is 9.64. The number of hydrogen-bond donors (Lipinski definition) is 2. The molecule has 2 heterocycles. The number of carbonyl (C=O) groups is 1. The number of alkyl halides is 3. The molecule has 1 aromatic carbocycles. The van der Waals surface area contributed by atoms with Crippen molar-refractivity contribution in [1.29, 1.82) is 0 Å². The minimum absolute atomic E-state index is 0.0559. The van der Waals surface area contributed by atoms with Crippen molar-refractivity contribution < 1.29 is 18.0 Å². The molecule has 2 N–H and O–H groups in total. The molecule has 6 nitrogen and oxygen atoms in total. The van der Waals surface area contributed by atoms with Crippen molar-refractivity contribution in [3.63, 3.8) is 0 Å². The molecule has 0 amide bonds. The SMILES string of the molecule is CC1(C)CC(=O)C2C(=Nc3[nH]c(=O)[nH]c(=O)c3C2c2ccc(C(F)(F)F)cc2)C1. The maximum absolute atomic E-state index is 13.0. The zero-order valence-corrected chi connectivity index (χ0v) is 15.7. The maximum atomic E-state index is 13.0. The van der Waals surface area contributed by atoms with Crippen molar-refractivity contribution in [2.75, 3.05) is 0 Å². The average molecular weight is 405 g/mol. The van der Waals surface area contributed by atoms with Crippen LogP contribution in [-0.2, 0) is 11.0 Å². The highest BCUT2D eigenvalue weighted by Gasteiger charge is 2.47. The third kappa shape index (κ3) is 3.34. The summed E-state index contributed by atoms with van der Waals surface area (Å²) in [7, 11) is 0. The zero-order chi connectivity index (χ0) is 21.1. The van der Waals surface area contributed by atoms with Crippen molar-refractivity contribution in [3.8, 4) is 0 Å². The van der Waals surface area contributed by atoms with E-state index in [9.17, 15) is 27.6 Å². The van der Waals surface area contributed by atoms with Crippen LogP contribution in [-0.4, -0.2) is 21.5 Å². The summed E-state index contributed by atoms with van der Waals surface area (Å²) in [5.41, 5.74) is -1.58. The fourth-order valence-electron chi connectivity index (χ4n) is 4.33. The molecular weight excluding hydrogens is 387 g/mol. The Balaban J connectivity index is 1.93. The van der Waals surface area contributed by atoms with Gasteiger partial charge in [0.1, 0.15) is 11.6 Å². The molecule has 4 rings (SSSR count). The largest absolute Gasteiger partial charge is 0.416 e. The molecule has 0 spiro atoms. The second-order valence-electron chi connectivity index (χ2n) is 8.33. The van der Waals surface area contributed by atoms with Crippen molar-refractivity contribution in [2.45, 2.75) is 38.8 Å². The van der Waals surface area contributed by atoms with Gasteiger partial charge in [-0.15, -0.1) is 0 Å². The number of carbonyl (C=O) groups excluding carboxylic acids is 1. The molecule has 1 fully saturated rings. The number of rotatable bonds is 1. The van der Waals surface area contributed by atoms with Crippen LogP contribution in [0, 0.1) is 11.3 Å². The third-order valence-electron chi connectivity index (χ3n) is 5.47. The van der Waals surface area contributed by atoms with Gasteiger partial charge in [0.2, 0.25) is 0 Å². The molecule has 1 aliphatic heterocycles. The van der Waals surface area contributed by atoms with Gasteiger partial charge in [0.05, 0.1) is 17.0 Å². The molecule has 152 valence electrons. The normalized spacial score (nSPS) is 23.2. The number of ketones is 1. The van der Waals surface area contributed by atoms with Gasteiger partial charge in [-0.1, -0.05) is 26.0 Å². The third-order valence-corrected chi connectivity index (χ3v) is 5.47. The molecule has 1 saturated carbocycles. The van der Waals surface area contributed by atoms with Crippen molar-refractivity contribution in [3.05, 3.63) is 61.8 Å². The number of fused-ring (bicyclic) bond motifs is 2. The standard InChI is InChI=1S/C20H18F3N3O3/c1-19(2)7-11-14(12(27)8-19)13(9-3-5-10(6-4-9)20(21,22)23)15-16(24-11)25-18(29)26-17(15)28/h3-6,13-14H,7-8H2,1-2H3,(H2,25,26,28,29). The highest BCUT2D eigenvalue weighted by Crippen LogP contribution is 2.47. The lowest BCUT2D eigenvalue weighted by Crippen LogP contribution is -2.44. The first-order valence-corrected chi connectivity index (χ1v) is 9.10. The Morgan fingerprint density at radius 2 is 1.66 bits per heavy atom. The van der Waals surface area contributed by atoms with E-state index >= 15 is 0 Å². The van der Waals surface area contributed by atoms with E-state index in [2.05, 4.69) is 15.0 Å². The average Bonchev–Trinajstić information content (AvgIpc) is 2.58. The molecule has 2 aromatic rings. The number of aliphatic imine (C=N–C) groups is 1. The predicted molar refractivity (Wildman–Crippen MR) is 99.6 cm³/mol. The zero-order valence-electron chi connectivity index (χ0n) is 15.7. The number of Topliss-reactive ketones (excluding diaryl/α,β-unsaturated/α-hetero) is 1. The van der Waals surface area contributed by atoms with Gasteiger partial charge in [-0.05, 0) is 29.5 Å². The summed E-state index contributed by atoms with van der Waals surface area (Å²) < 4.78 is 38.9. The summed E-state index contributed by atoms with van der Waals surface area (Å²) in [4.78, 5) is 46.3. The first kappa shape index (κ1) is 19.4. The van der Waals surface area contributed by atoms with E-state index < -0.39 is 34.8 Å². The fraction of sp³-hybridized carbons (Fsp3) is 0.400. The fourth-order valence-corrected chi connectivity index (χ4v) is 4.33. The van der Waals surface area contributed by atoms with Gasteiger partial charge in [0.15, 0.2) is 0 Å². The quantitative estimate of drug-likeness (QED) is 0.762. The summed E-state index contributed by atoms with van der Waals surface area (Å²) in [6.45, 7) is 3.85. The van der Waals surface area contributed by atoms with E-state index in [4.69, 9.17) is 0 Å². The van der Waals surface area contributed by atoms with Crippen LogP contribution in [0.15, 0.2) is 38.8 Å². The summed E-state index contributed by atoms with van der Waals surface area (Å²) in [6, 6.07) is 4.41. The monoisotopic (exact) mass is 405 g/mol. The second-order valence-corrected chi connectivity index (χ2v) is 8.33. The molecule has 9 heteroatoms. The number of aromatic nitrogens is 2. The van der Waals surface area contributed by atoms with E-state index in [1.54, 1.807) is 0 Å². The number of H-pyrrole nitrogens is 2. The number of aromatic amines is 2. The molecule has 2 aliphatic rings. The Hall–Kier alpha value is -2.97. The Morgan fingerprint density at radius 1 is 1.00 bits per heavy atom. The maximum Gasteiger partial charge on any atom is 0.416 e. The van der Waals surface area contributed by atoms with Crippen LogP contribution in [0.3, 0.4) is 0 Å². The van der Waals surface area contributed by atoms with Crippen molar-refractivity contribution in [2.24, 2.45) is 16.3 Å². The number of nitrogens with one attached hydrogen (secondary N) is 2. The summed E-state index contributed by atoms with van der Waals surface area (Å²) in [6.07, 6.45) is -3.75. The van der Waals surface area contributed by atoms with E-state index in [0.717, 1.165) is 12.1 Å². The molecule has 2 unspecified atom stereocenters. The Kier molecular flexibility index (Phi) is 4.18. The van der Waals surface area contributed by atoms with Crippen molar-refractivity contribution in [1.82, 2.24) is 9.97 Å². The van der Waals surface area contributed by atoms with Crippen LogP contribution in [0.4, 0.5) is 19.0 Å². The number of hydrogen-bond acceptors (Lipinski definition) is 4. The van der Waals surface area contributed by atoms with E-state index in [0.29, 0.717) is 17.7 Å². The van der Waals surface area contributed by atoms with Gasteiger partial charge in [-0.3, -0.25) is 19.6 Å². The molecule has 2 atom stereocenters. The van der Waals surface area contributed by atoms with Crippen LogP contribution >= 0.6 is 0 Å². The molecule has 1 aromatic heterocycles. The molecule has 29 heavy (non-hydrogen) atoms. The van der Waals surface area contributed by atoms with Crippen LogP contribution in [0.5, 0.6) is 0 Å². The summed E-state index contributed by atoms with van der Waals surface area (Å²) >= 11 is 0. The van der Waals surface area contributed by atoms with Crippen LogP contribution in [0.1, 0.15) is 49.3 Å². The summed E-state index contributed by atoms with van der Waals surface area (Å²) in [5.74, 6) is -1.63. The van der Waals surface area contributed by atoms with Gasteiger partial charge in [-0.25, -0.2) is 9.79 Å². The van der Waals surface area contributed by atoms with E-state index in [1.807, 2.05) is 13.8 Å². The first-order valence-electron chi connectivity index (χ1n) is 9.10. The van der Waals surface area contributed by atoms with E-state index in [-0.39, 0.29) is 29.0 Å². The van der Waals surface area contributed by atoms with Gasteiger partial charge in [-0.2, -0.15) is 13.2 Å². The van der Waals surface area contributed by atoms with Gasteiger partial charge < -0.3 is 0 Å². The van der Waals surface area contributed by atoms with E-state index in [1.165, 1.54) is 12.1 Å². The molecule has 1 aliphatic carbocycles. The van der Waals surface area contributed by atoms with Crippen LogP contribution < -0.4 is 11.2 Å². The number of benzene rings is 1. The Morgan fingerprint density at radius 3 is 2.28 bits per heavy atom. The lowest BCUT2D eigenvalue weighted by molar-refractivity contribution is -0.137. The first-order chi connectivity index (χ1) is 13.5. The van der Waals surface area contributed by atoms with Crippen molar-refractivity contribution >= 4 is 17.3 Å². The number of nitrogens with zero attached hydrogens (tertiary/aromatic N) is 1. The molecule has 0 saturated heterocycles. The van der Waals surface area contributed by atoms with Gasteiger partial charge in [0, 0.05) is 18.1 Å². The minimum atomic E-state index is -4.50. The van der Waals surface area contributed by atoms with Crippen LogP contribution in [0.2, 0.25) is 0 Å². The molecule has 0 radical (unpaired) electrons. The van der Waals surface area contributed by atoms with Crippen LogP contribution in [0.25, 0.3) is 0 Å². The molecule has 0 bridgehead atoms. The lowest BCUT2D eigenvalue weighted by Gasteiger charge is -2.40. The highest BCUT2D eigenvalue weighted by molar-refractivity contribution is 6.10. The summed E-state index contributed by atoms with van der Waals surface area (Å²) in [5, 5.41) is 0. The topological polar surface area (TPSA) is 95.2 Å². The smallest absolute Gasteiger partial charge is 0.299 e. The second kappa shape index (κ2) is 6.27.